The van der Waals surface area contributed by atoms with E-state index in [0.717, 1.165) is 57.9 Å². The molecule has 0 radical (unpaired) electrons. The lowest BCUT2D eigenvalue weighted by Gasteiger charge is -2.41. The van der Waals surface area contributed by atoms with Gasteiger partial charge in [0, 0.05) is 41.1 Å². The quantitative estimate of drug-likeness (QED) is 0.360. The Labute approximate surface area is 186 Å². The summed E-state index contributed by atoms with van der Waals surface area (Å²) >= 11 is 0. The summed E-state index contributed by atoms with van der Waals surface area (Å²) in [7, 11) is 0. The monoisotopic (exact) mass is 422 g/mol. The van der Waals surface area contributed by atoms with Crippen molar-refractivity contribution in [1.82, 2.24) is 9.97 Å². The minimum absolute atomic E-state index is 0.291. The van der Waals surface area contributed by atoms with Crippen LogP contribution in [0.4, 0.5) is 11.4 Å². The number of nitrogens with one attached hydrogen (secondary N) is 1. The average molecular weight is 422 g/mol. The van der Waals surface area contributed by atoms with Gasteiger partial charge in [-0.05, 0) is 35.9 Å². The number of hydrogen-bond donors (Lipinski definition) is 2. The number of aromatic nitrogens is 2. The van der Waals surface area contributed by atoms with Crippen LogP contribution in [-0.2, 0) is 4.74 Å². The zero-order valence-corrected chi connectivity index (χ0v) is 17.5. The van der Waals surface area contributed by atoms with Gasteiger partial charge in [0.1, 0.15) is 18.0 Å². The van der Waals surface area contributed by atoms with Crippen LogP contribution < -0.4 is 15.4 Å². The number of H-pyrrole nitrogens is 1. The number of aromatic amines is 1. The van der Waals surface area contributed by atoms with Crippen LogP contribution in [0.3, 0.4) is 0 Å². The first-order chi connectivity index (χ1) is 15.8. The minimum atomic E-state index is 0.291. The molecule has 2 aromatic carbocycles. The predicted molar refractivity (Wildman–Crippen MR) is 126 cm³/mol. The highest BCUT2D eigenvalue weighted by Crippen LogP contribution is 2.38. The molecule has 158 valence electrons. The van der Waals surface area contributed by atoms with Gasteiger partial charge < -0.3 is 25.1 Å². The predicted octanol–water partition coefficient (Wildman–Crippen LogP) is 3.81. The van der Waals surface area contributed by atoms with Crippen molar-refractivity contribution in [2.75, 3.05) is 37.0 Å². The summed E-state index contributed by atoms with van der Waals surface area (Å²) < 4.78 is 11.7. The van der Waals surface area contributed by atoms with Gasteiger partial charge in [0.05, 0.1) is 30.5 Å². The molecule has 0 saturated carbocycles. The van der Waals surface area contributed by atoms with Gasteiger partial charge in [-0.25, -0.2) is 4.98 Å². The first-order valence-electron chi connectivity index (χ1n) is 10.7. The molecule has 4 heterocycles. The second-order valence-electron chi connectivity index (χ2n) is 8.08. The number of nitrogens with two attached hydrogens (primary N) is 1. The van der Waals surface area contributed by atoms with Gasteiger partial charge in [0.2, 0.25) is 0 Å². The van der Waals surface area contributed by atoms with E-state index >= 15 is 0 Å². The van der Waals surface area contributed by atoms with E-state index in [1.165, 1.54) is 0 Å². The van der Waals surface area contributed by atoms with Crippen molar-refractivity contribution in [3.8, 4) is 28.7 Å². The fourth-order valence-corrected chi connectivity index (χ4v) is 4.35. The van der Waals surface area contributed by atoms with Crippen molar-refractivity contribution in [3.05, 3.63) is 72.1 Å². The molecule has 0 spiro atoms. The summed E-state index contributed by atoms with van der Waals surface area (Å²) in [6, 6.07) is 16.4. The van der Waals surface area contributed by atoms with E-state index in [2.05, 4.69) is 51.0 Å². The number of hydrogen-bond acceptors (Lipinski definition) is 5. The number of nitrogens with zero attached hydrogens (tertiary/aromatic N) is 2. The maximum atomic E-state index is 6.07. The third-order valence-electron chi connectivity index (χ3n) is 6.09. The third kappa shape index (κ3) is 3.24. The van der Waals surface area contributed by atoms with Crippen LogP contribution in [0.5, 0.6) is 5.75 Å². The molecule has 1 fully saturated rings. The van der Waals surface area contributed by atoms with Gasteiger partial charge in [-0.1, -0.05) is 30.0 Å². The number of fused-ring (bicyclic) bond motifs is 4. The van der Waals surface area contributed by atoms with Crippen LogP contribution >= 0.6 is 0 Å². The zero-order chi connectivity index (χ0) is 21.5. The second-order valence-corrected chi connectivity index (χ2v) is 8.08. The number of benzene rings is 2. The molecular formula is C26H22N4O2. The van der Waals surface area contributed by atoms with Crippen LogP contribution in [0.25, 0.3) is 22.2 Å². The topological polar surface area (TPSA) is 76.4 Å². The highest BCUT2D eigenvalue weighted by atomic mass is 16.5. The summed E-state index contributed by atoms with van der Waals surface area (Å²) in [4.78, 5) is 10.2. The maximum Gasteiger partial charge on any atom is 0.143 e. The lowest BCUT2D eigenvalue weighted by Crippen LogP contribution is -2.51. The SMILES string of the molecule is Nc1ccccc1C#Cc1c[nH]c2ncc(-c3ccc4c(c3)OCC3COCCN43)cc12. The van der Waals surface area contributed by atoms with Gasteiger partial charge in [0.25, 0.3) is 0 Å². The minimum Gasteiger partial charge on any atom is -0.489 e. The first-order valence-corrected chi connectivity index (χ1v) is 10.7. The molecule has 3 N–H and O–H groups in total. The zero-order valence-electron chi connectivity index (χ0n) is 17.5. The molecule has 2 aromatic heterocycles. The highest BCUT2D eigenvalue weighted by molar-refractivity contribution is 5.88. The van der Waals surface area contributed by atoms with Gasteiger partial charge in [-0.2, -0.15) is 0 Å². The van der Waals surface area contributed by atoms with E-state index in [1.54, 1.807) is 0 Å². The Morgan fingerprint density at radius 3 is 2.88 bits per heavy atom. The van der Waals surface area contributed by atoms with Crippen LogP contribution in [0.1, 0.15) is 11.1 Å². The fourth-order valence-electron chi connectivity index (χ4n) is 4.35. The van der Waals surface area contributed by atoms with E-state index in [9.17, 15) is 0 Å². The molecule has 0 bridgehead atoms. The molecule has 2 aliphatic heterocycles. The summed E-state index contributed by atoms with van der Waals surface area (Å²) in [5, 5.41) is 0.983. The Morgan fingerprint density at radius 2 is 1.94 bits per heavy atom. The van der Waals surface area contributed by atoms with Gasteiger partial charge in [-0.3, -0.25) is 0 Å². The Kier molecular flexibility index (Phi) is 4.48. The summed E-state index contributed by atoms with van der Waals surface area (Å²) in [5.41, 5.74) is 12.4. The lowest BCUT2D eigenvalue weighted by molar-refractivity contribution is 0.0705. The van der Waals surface area contributed by atoms with E-state index in [-0.39, 0.29) is 0 Å². The number of nitrogen functional groups attached to an aromatic ring is 1. The molecule has 6 rings (SSSR count). The number of morpholine rings is 1. The molecule has 4 aromatic rings. The Morgan fingerprint density at radius 1 is 1.03 bits per heavy atom. The van der Waals surface area contributed by atoms with Crippen LogP contribution in [0.2, 0.25) is 0 Å². The molecular weight excluding hydrogens is 400 g/mol. The number of para-hydroxylation sites is 1. The molecule has 1 unspecified atom stereocenters. The van der Waals surface area contributed by atoms with E-state index in [1.807, 2.05) is 36.7 Å². The van der Waals surface area contributed by atoms with Crippen molar-refractivity contribution < 1.29 is 9.47 Å². The average Bonchev–Trinajstić information content (AvgIpc) is 3.25. The lowest BCUT2D eigenvalue weighted by atomic mass is 10.0. The maximum absolute atomic E-state index is 6.07. The summed E-state index contributed by atoms with van der Waals surface area (Å²) in [5.74, 6) is 7.33. The van der Waals surface area contributed by atoms with Gasteiger partial charge in [-0.15, -0.1) is 0 Å². The smallest absolute Gasteiger partial charge is 0.143 e. The Balaban J connectivity index is 1.36. The van der Waals surface area contributed by atoms with Crippen LogP contribution in [0, 0.1) is 11.8 Å². The van der Waals surface area contributed by atoms with Crippen LogP contribution in [-0.4, -0.2) is 42.4 Å². The van der Waals surface area contributed by atoms with Crippen molar-refractivity contribution in [1.29, 1.82) is 0 Å². The molecule has 6 nitrogen and oxygen atoms in total. The number of pyridine rings is 1. The molecule has 0 aliphatic carbocycles. The summed E-state index contributed by atoms with van der Waals surface area (Å²) in [6.45, 7) is 3.01. The first kappa shape index (κ1) is 18.8. The Bertz CT molecular complexity index is 1380. The molecule has 1 saturated heterocycles. The molecule has 32 heavy (non-hydrogen) atoms. The molecule has 0 amide bonds. The summed E-state index contributed by atoms with van der Waals surface area (Å²) in [6.07, 6.45) is 3.77. The van der Waals surface area contributed by atoms with Crippen LogP contribution in [0.15, 0.2) is 60.9 Å². The fraction of sp³-hybridized carbons (Fsp3) is 0.192. The van der Waals surface area contributed by atoms with Crippen molar-refractivity contribution in [2.24, 2.45) is 0 Å². The van der Waals surface area contributed by atoms with Gasteiger partial charge in [0.15, 0.2) is 0 Å². The normalized spacial score (nSPS) is 17.1. The third-order valence-corrected chi connectivity index (χ3v) is 6.09. The van der Waals surface area contributed by atoms with E-state index in [4.69, 9.17) is 15.2 Å². The van der Waals surface area contributed by atoms with Crippen molar-refractivity contribution >= 4 is 22.4 Å². The Hall–Kier alpha value is -3.95. The van der Waals surface area contributed by atoms with Crippen molar-refractivity contribution in [3.63, 3.8) is 0 Å². The largest absolute Gasteiger partial charge is 0.489 e. The second kappa shape index (κ2) is 7.63. The van der Waals surface area contributed by atoms with E-state index < -0.39 is 0 Å². The van der Waals surface area contributed by atoms with Crippen molar-refractivity contribution in [2.45, 2.75) is 6.04 Å². The number of anilines is 2. The number of rotatable bonds is 1. The number of ether oxygens (including phenoxy) is 2. The standard InChI is InChI=1S/C26H22N4O2/c27-23-4-2-1-3-17(23)5-6-19-13-28-26-22(19)11-20(14-29-26)18-7-8-24-25(12-18)32-16-21-15-31-10-9-30(21)24/h1-4,7-8,11-14,21H,9-10,15-16,27H2,(H,28,29). The molecule has 1 atom stereocenters. The highest BCUT2D eigenvalue weighted by Gasteiger charge is 2.30. The van der Waals surface area contributed by atoms with E-state index in [0.29, 0.717) is 24.9 Å². The van der Waals surface area contributed by atoms with Gasteiger partial charge >= 0.3 is 0 Å². The molecule has 6 heteroatoms. The molecule has 2 aliphatic rings.